The van der Waals surface area contributed by atoms with Gasteiger partial charge in [0, 0.05) is 19.2 Å². The second-order valence-corrected chi connectivity index (χ2v) is 5.17. The zero-order chi connectivity index (χ0) is 14.3. The van der Waals surface area contributed by atoms with Crippen molar-refractivity contribution in [1.82, 2.24) is 10.6 Å². The normalized spacial score (nSPS) is 12.0. The van der Waals surface area contributed by atoms with Crippen LogP contribution < -0.4 is 10.6 Å². The number of urea groups is 1. The molecule has 0 saturated carbocycles. The van der Waals surface area contributed by atoms with Gasteiger partial charge in [0.05, 0.1) is 4.47 Å². The first kappa shape index (κ1) is 15.9. The Morgan fingerprint density at radius 1 is 1.53 bits per heavy atom. The van der Waals surface area contributed by atoms with E-state index < -0.39 is 0 Å². The molecule has 4 nitrogen and oxygen atoms in total. The summed E-state index contributed by atoms with van der Waals surface area (Å²) in [5.74, 6) is -0.299. The van der Waals surface area contributed by atoms with Gasteiger partial charge in [0.1, 0.15) is 5.82 Å². The molecule has 1 rings (SSSR count). The second kappa shape index (κ2) is 8.12. The van der Waals surface area contributed by atoms with Crippen molar-refractivity contribution in [3.05, 3.63) is 34.1 Å². The van der Waals surface area contributed by atoms with Crippen LogP contribution in [0.4, 0.5) is 9.18 Å². The van der Waals surface area contributed by atoms with Crippen LogP contribution in [0.1, 0.15) is 18.9 Å². The van der Waals surface area contributed by atoms with Gasteiger partial charge in [-0.3, -0.25) is 0 Å². The first-order chi connectivity index (χ1) is 9.02. The molecule has 0 heterocycles. The van der Waals surface area contributed by atoms with Crippen molar-refractivity contribution in [2.75, 3.05) is 13.2 Å². The van der Waals surface area contributed by atoms with Gasteiger partial charge in [-0.15, -0.1) is 0 Å². The number of hydrogen-bond acceptors (Lipinski definition) is 2. The molecular formula is C13H18BrFN2O2. The summed E-state index contributed by atoms with van der Waals surface area (Å²) < 4.78 is 13.4. The molecular weight excluding hydrogens is 315 g/mol. The fraction of sp³-hybridized carbons (Fsp3) is 0.462. The van der Waals surface area contributed by atoms with E-state index in [0.29, 0.717) is 23.9 Å². The molecule has 1 aromatic carbocycles. The molecule has 0 radical (unpaired) electrons. The first-order valence-corrected chi connectivity index (χ1v) is 6.91. The lowest BCUT2D eigenvalue weighted by Crippen LogP contribution is -2.41. The van der Waals surface area contributed by atoms with Gasteiger partial charge in [0.2, 0.25) is 0 Å². The fourth-order valence-corrected chi connectivity index (χ4v) is 1.98. The lowest BCUT2D eigenvalue weighted by atomic mass is 10.1. The number of aliphatic hydroxyl groups excluding tert-OH is 1. The number of hydrogen-bond donors (Lipinski definition) is 3. The Bertz CT molecular complexity index is 429. The lowest BCUT2D eigenvalue weighted by Gasteiger charge is -2.13. The van der Waals surface area contributed by atoms with Crippen LogP contribution in [0, 0.1) is 5.82 Å². The topological polar surface area (TPSA) is 61.4 Å². The van der Waals surface area contributed by atoms with E-state index in [4.69, 9.17) is 5.11 Å². The highest BCUT2D eigenvalue weighted by atomic mass is 79.9. The molecule has 1 atom stereocenters. The van der Waals surface area contributed by atoms with E-state index in [2.05, 4.69) is 26.6 Å². The zero-order valence-corrected chi connectivity index (χ0v) is 12.3. The minimum absolute atomic E-state index is 0.0467. The molecule has 0 spiro atoms. The highest BCUT2D eigenvalue weighted by Crippen LogP contribution is 2.16. The Morgan fingerprint density at radius 3 is 2.89 bits per heavy atom. The Kier molecular flexibility index (Phi) is 6.80. The molecule has 0 fully saturated rings. The Hall–Kier alpha value is -1.14. The average Bonchev–Trinajstić information content (AvgIpc) is 2.34. The number of benzene rings is 1. The maximum atomic E-state index is 13.0. The number of nitrogens with one attached hydrogen (secondary N) is 2. The van der Waals surface area contributed by atoms with E-state index in [1.165, 1.54) is 6.07 Å². The Balaban J connectivity index is 2.29. The zero-order valence-electron chi connectivity index (χ0n) is 10.7. The van der Waals surface area contributed by atoms with E-state index in [1.54, 1.807) is 12.1 Å². The van der Waals surface area contributed by atoms with Crippen LogP contribution in [0.5, 0.6) is 0 Å². The van der Waals surface area contributed by atoms with Gasteiger partial charge in [-0.1, -0.05) is 6.07 Å². The number of carbonyl (C=O) groups excluding carboxylic acids is 1. The molecule has 0 aromatic heterocycles. The number of carbonyl (C=O) groups is 1. The predicted octanol–water partition coefficient (Wildman–Crippen LogP) is 2.20. The van der Waals surface area contributed by atoms with Crippen molar-refractivity contribution in [1.29, 1.82) is 0 Å². The van der Waals surface area contributed by atoms with Crippen LogP contribution in [0.15, 0.2) is 22.7 Å². The van der Waals surface area contributed by atoms with E-state index in [0.717, 1.165) is 5.56 Å². The minimum Gasteiger partial charge on any atom is -0.396 e. The van der Waals surface area contributed by atoms with E-state index in [9.17, 15) is 9.18 Å². The summed E-state index contributed by atoms with van der Waals surface area (Å²) in [6.07, 6.45) is 1.15. The maximum Gasteiger partial charge on any atom is 0.315 e. The SMILES string of the molecule is C[C@H](CCO)NC(=O)NCCc1ccc(F)c(Br)c1. The molecule has 106 valence electrons. The smallest absolute Gasteiger partial charge is 0.315 e. The molecule has 19 heavy (non-hydrogen) atoms. The Morgan fingerprint density at radius 2 is 2.26 bits per heavy atom. The molecule has 2 amide bonds. The lowest BCUT2D eigenvalue weighted by molar-refractivity contribution is 0.231. The van der Waals surface area contributed by atoms with E-state index in [-0.39, 0.29) is 24.5 Å². The number of aliphatic hydroxyl groups is 1. The standard InChI is InChI=1S/C13H18BrFN2O2/c1-9(5-7-18)17-13(19)16-6-4-10-2-3-12(15)11(14)8-10/h2-3,8-9,18H,4-7H2,1H3,(H2,16,17,19)/t9-/m1/s1. The van der Waals surface area contributed by atoms with Crippen molar-refractivity contribution in [2.24, 2.45) is 0 Å². The highest BCUT2D eigenvalue weighted by Gasteiger charge is 2.06. The van der Waals surface area contributed by atoms with Gasteiger partial charge in [0.25, 0.3) is 0 Å². The molecule has 0 saturated heterocycles. The van der Waals surface area contributed by atoms with Crippen LogP contribution in [-0.2, 0) is 6.42 Å². The molecule has 3 N–H and O–H groups in total. The van der Waals surface area contributed by atoms with Gasteiger partial charge in [-0.2, -0.15) is 0 Å². The monoisotopic (exact) mass is 332 g/mol. The predicted molar refractivity (Wildman–Crippen MR) is 75.5 cm³/mol. The molecule has 0 bridgehead atoms. The van der Waals surface area contributed by atoms with Crippen LogP contribution in [0.3, 0.4) is 0 Å². The quantitative estimate of drug-likeness (QED) is 0.747. The van der Waals surface area contributed by atoms with Crippen LogP contribution in [0.2, 0.25) is 0 Å². The molecule has 0 aliphatic carbocycles. The van der Waals surface area contributed by atoms with Gasteiger partial charge >= 0.3 is 6.03 Å². The van der Waals surface area contributed by atoms with Gasteiger partial charge in [-0.25, -0.2) is 9.18 Å². The van der Waals surface area contributed by atoms with Gasteiger partial charge < -0.3 is 15.7 Å². The summed E-state index contributed by atoms with van der Waals surface area (Å²) >= 11 is 3.12. The largest absolute Gasteiger partial charge is 0.396 e. The molecule has 0 aliphatic rings. The summed E-state index contributed by atoms with van der Waals surface area (Å²) in [5, 5.41) is 14.1. The number of amides is 2. The van der Waals surface area contributed by atoms with Gasteiger partial charge in [-0.05, 0) is 53.4 Å². The summed E-state index contributed by atoms with van der Waals surface area (Å²) in [5.41, 5.74) is 0.942. The third kappa shape index (κ3) is 6.02. The van der Waals surface area contributed by atoms with E-state index in [1.807, 2.05) is 6.92 Å². The highest BCUT2D eigenvalue weighted by molar-refractivity contribution is 9.10. The molecule has 1 aromatic rings. The summed E-state index contributed by atoms with van der Waals surface area (Å²) in [6.45, 7) is 2.34. The molecule has 0 unspecified atom stereocenters. The Labute approximate surface area is 120 Å². The van der Waals surface area contributed by atoms with E-state index >= 15 is 0 Å². The molecule has 6 heteroatoms. The van der Waals surface area contributed by atoms with Crippen LogP contribution in [0.25, 0.3) is 0 Å². The van der Waals surface area contributed by atoms with Crippen molar-refractivity contribution < 1.29 is 14.3 Å². The van der Waals surface area contributed by atoms with Gasteiger partial charge in [0.15, 0.2) is 0 Å². The fourth-order valence-electron chi connectivity index (χ4n) is 1.56. The third-order valence-electron chi connectivity index (χ3n) is 2.62. The molecule has 0 aliphatic heterocycles. The first-order valence-electron chi connectivity index (χ1n) is 6.12. The maximum absolute atomic E-state index is 13.0. The minimum atomic E-state index is -0.299. The summed E-state index contributed by atoms with van der Waals surface area (Å²) in [4.78, 5) is 11.5. The number of rotatable bonds is 6. The summed E-state index contributed by atoms with van der Waals surface area (Å²) in [7, 11) is 0. The van der Waals surface area contributed by atoms with Crippen molar-refractivity contribution in [2.45, 2.75) is 25.8 Å². The van der Waals surface area contributed by atoms with Crippen LogP contribution in [-0.4, -0.2) is 30.3 Å². The van der Waals surface area contributed by atoms with Crippen LogP contribution >= 0.6 is 15.9 Å². The summed E-state index contributed by atoms with van der Waals surface area (Å²) in [6, 6.07) is 4.45. The third-order valence-corrected chi connectivity index (χ3v) is 3.23. The van der Waals surface area contributed by atoms with Crippen molar-refractivity contribution in [3.8, 4) is 0 Å². The van der Waals surface area contributed by atoms with Crippen molar-refractivity contribution >= 4 is 22.0 Å². The van der Waals surface area contributed by atoms with Crippen molar-refractivity contribution in [3.63, 3.8) is 0 Å². The average molecular weight is 333 g/mol. The number of halogens is 2. The second-order valence-electron chi connectivity index (χ2n) is 4.31.